The van der Waals surface area contributed by atoms with Gasteiger partial charge in [-0.15, -0.1) is 0 Å². The summed E-state index contributed by atoms with van der Waals surface area (Å²) in [4.78, 5) is 10.5. The van der Waals surface area contributed by atoms with Crippen LogP contribution >= 0.6 is 0 Å². The van der Waals surface area contributed by atoms with Gasteiger partial charge in [-0.05, 0) is 6.42 Å². The summed E-state index contributed by atoms with van der Waals surface area (Å²) in [6.07, 6.45) is 0.819. The van der Waals surface area contributed by atoms with E-state index >= 15 is 0 Å². The smallest absolute Gasteiger partial charge is 0.160 e. The molecule has 1 atom stereocenters. The molecule has 0 aliphatic carbocycles. The average molecular weight is 116 g/mol. The Balaban J connectivity index is 3.46. The Hall–Kier alpha value is -0.370. The van der Waals surface area contributed by atoms with Gasteiger partial charge in [0.15, 0.2) is 5.78 Å². The Kier molecular flexibility index (Phi) is 3.44. The standard InChI is InChI=1S/C6H12O2/c1-3-5(2)6(8)4-7/h5,7H,3-4H2,1-2H3/t5-/m1/s1. The Morgan fingerprint density at radius 1 is 1.75 bits per heavy atom. The summed E-state index contributed by atoms with van der Waals surface area (Å²) in [5.74, 6) is -0.0347. The third-order valence-corrected chi connectivity index (χ3v) is 1.32. The number of rotatable bonds is 3. The second-order valence-electron chi connectivity index (χ2n) is 1.93. The van der Waals surface area contributed by atoms with Gasteiger partial charge in [-0.25, -0.2) is 0 Å². The van der Waals surface area contributed by atoms with Crippen molar-refractivity contribution in [1.82, 2.24) is 0 Å². The van der Waals surface area contributed by atoms with Gasteiger partial charge in [0.2, 0.25) is 0 Å². The molecule has 0 rings (SSSR count). The first kappa shape index (κ1) is 7.63. The summed E-state index contributed by atoms with van der Waals surface area (Å²) in [5.41, 5.74) is 0. The second-order valence-corrected chi connectivity index (χ2v) is 1.93. The highest BCUT2D eigenvalue weighted by molar-refractivity contribution is 5.81. The normalized spacial score (nSPS) is 13.4. The zero-order valence-electron chi connectivity index (χ0n) is 5.35. The summed E-state index contributed by atoms with van der Waals surface area (Å²) >= 11 is 0. The van der Waals surface area contributed by atoms with Gasteiger partial charge in [-0.2, -0.15) is 0 Å². The van der Waals surface area contributed by atoms with Crippen LogP contribution in [0.2, 0.25) is 0 Å². The second kappa shape index (κ2) is 3.61. The third-order valence-electron chi connectivity index (χ3n) is 1.32. The van der Waals surface area contributed by atoms with Crippen LogP contribution in [0.25, 0.3) is 0 Å². The van der Waals surface area contributed by atoms with Crippen molar-refractivity contribution >= 4 is 5.78 Å². The molecule has 0 bridgehead atoms. The van der Waals surface area contributed by atoms with Crippen molar-refractivity contribution < 1.29 is 9.90 Å². The fourth-order valence-corrected chi connectivity index (χ4v) is 0.384. The lowest BCUT2D eigenvalue weighted by molar-refractivity contribution is -0.125. The fraction of sp³-hybridized carbons (Fsp3) is 0.833. The molecule has 0 saturated heterocycles. The highest BCUT2D eigenvalue weighted by Gasteiger charge is 2.06. The summed E-state index contributed by atoms with van der Waals surface area (Å²) in [5, 5.41) is 8.29. The maximum absolute atomic E-state index is 10.5. The van der Waals surface area contributed by atoms with Crippen molar-refractivity contribution in [2.75, 3.05) is 6.61 Å². The molecular weight excluding hydrogens is 104 g/mol. The maximum atomic E-state index is 10.5. The molecule has 0 spiro atoms. The van der Waals surface area contributed by atoms with Gasteiger partial charge < -0.3 is 5.11 Å². The molecule has 48 valence electrons. The number of Topliss-reactive ketones (excluding diaryl/α,β-unsaturated/α-hetero) is 1. The average Bonchev–Trinajstić information content (AvgIpc) is 1.84. The number of aliphatic hydroxyl groups excluding tert-OH is 1. The first-order valence-corrected chi connectivity index (χ1v) is 2.86. The van der Waals surface area contributed by atoms with Gasteiger partial charge in [-0.1, -0.05) is 13.8 Å². The van der Waals surface area contributed by atoms with E-state index in [0.29, 0.717) is 0 Å². The molecule has 8 heavy (non-hydrogen) atoms. The molecule has 0 aliphatic rings. The van der Waals surface area contributed by atoms with Gasteiger partial charge in [0.05, 0.1) is 0 Å². The van der Waals surface area contributed by atoms with Crippen LogP contribution in [0, 0.1) is 5.92 Å². The number of aliphatic hydroxyl groups is 1. The van der Waals surface area contributed by atoms with Crippen molar-refractivity contribution in [1.29, 1.82) is 0 Å². The monoisotopic (exact) mass is 116 g/mol. The van der Waals surface area contributed by atoms with Gasteiger partial charge in [0.25, 0.3) is 0 Å². The number of ketones is 1. The highest BCUT2D eigenvalue weighted by Crippen LogP contribution is 1.99. The van der Waals surface area contributed by atoms with Crippen molar-refractivity contribution in [2.45, 2.75) is 20.3 Å². The van der Waals surface area contributed by atoms with Crippen LogP contribution in [-0.4, -0.2) is 17.5 Å². The zero-order chi connectivity index (χ0) is 6.57. The van der Waals surface area contributed by atoms with Crippen LogP contribution in [0.1, 0.15) is 20.3 Å². The number of carbonyl (C=O) groups excluding carboxylic acids is 1. The molecule has 0 radical (unpaired) electrons. The van der Waals surface area contributed by atoms with E-state index in [1.165, 1.54) is 0 Å². The van der Waals surface area contributed by atoms with E-state index in [1.807, 2.05) is 13.8 Å². The molecule has 2 heteroatoms. The van der Waals surface area contributed by atoms with Crippen molar-refractivity contribution in [2.24, 2.45) is 5.92 Å². The number of hydrogen-bond donors (Lipinski definition) is 1. The van der Waals surface area contributed by atoms with E-state index in [-0.39, 0.29) is 18.3 Å². The Labute approximate surface area is 49.5 Å². The van der Waals surface area contributed by atoms with Crippen LogP contribution in [0.15, 0.2) is 0 Å². The lowest BCUT2D eigenvalue weighted by Crippen LogP contribution is -2.13. The fourth-order valence-electron chi connectivity index (χ4n) is 0.384. The molecule has 0 amide bonds. The first-order chi connectivity index (χ1) is 3.72. The molecule has 0 aromatic heterocycles. The molecule has 0 aromatic carbocycles. The summed E-state index contributed by atoms with van der Waals surface area (Å²) in [6.45, 7) is 3.44. The van der Waals surface area contributed by atoms with Crippen LogP contribution in [-0.2, 0) is 4.79 Å². The lowest BCUT2D eigenvalue weighted by atomic mass is 10.1. The molecule has 0 heterocycles. The molecule has 0 unspecified atom stereocenters. The topological polar surface area (TPSA) is 37.3 Å². The highest BCUT2D eigenvalue weighted by atomic mass is 16.3. The number of carbonyl (C=O) groups is 1. The Morgan fingerprint density at radius 2 is 2.25 bits per heavy atom. The molecule has 0 saturated carbocycles. The first-order valence-electron chi connectivity index (χ1n) is 2.86. The largest absolute Gasteiger partial charge is 0.389 e. The summed E-state index contributed by atoms with van der Waals surface area (Å²) < 4.78 is 0. The van der Waals surface area contributed by atoms with Crippen LogP contribution in [0.3, 0.4) is 0 Å². The van der Waals surface area contributed by atoms with Crippen molar-refractivity contribution in [3.05, 3.63) is 0 Å². The Bertz CT molecular complexity index is 78.6. The van der Waals surface area contributed by atoms with E-state index in [1.54, 1.807) is 0 Å². The van der Waals surface area contributed by atoms with Gasteiger partial charge in [0.1, 0.15) is 6.61 Å². The maximum Gasteiger partial charge on any atom is 0.160 e. The third kappa shape index (κ3) is 2.07. The van der Waals surface area contributed by atoms with Crippen molar-refractivity contribution in [3.8, 4) is 0 Å². The van der Waals surface area contributed by atoms with Crippen LogP contribution in [0.4, 0.5) is 0 Å². The molecule has 2 nitrogen and oxygen atoms in total. The minimum Gasteiger partial charge on any atom is -0.389 e. The van der Waals surface area contributed by atoms with E-state index in [9.17, 15) is 4.79 Å². The summed E-state index contributed by atoms with van der Waals surface area (Å²) in [6, 6.07) is 0. The lowest BCUT2D eigenvalue weighted by Gasteiger charge is -2.01. The molecular formula is C6H12O2. The van der Waals surface area contributed by atoms with E-state index in [2.05, 4.69) is 0 Å². The summed E-state index contributed by atoms with van der Waals surface area (Å²) in [7, 11) is 0. The van der Waals surface area contributed by atoms with Gasteiger partial charge >= 0.3 is 0 Å². The van der Waals surface area contributed by atoms with E-state index in [4.69, 9.17) is 5.11 Å². The molecule has 0 aliphatic heterocycles. The van der Waals surface area contributed by atoms with Crippen molar-refractivity contribution in [3.63, 3.8) is 0 Å². The predicted octanol–water partition coefficient (Wildman–Crippen LogP) is 0.594. The van der Waals surface area contributed by atoms with Crippen LogP contribution < -0.4 is 0 Å². The SMILES string of the molecule is CC[C@@H](C)C(=O)CO. The predicted molar refractivity (Wildman–Crippen MR) is 31.5 cm³/mol. The Morgan fingerprint density at radius 3 is 2.38 bits per heavy atom. The zero-order valence-corrected chi connectivity index (χ0v) is 5.35. The van der Waals surface area contributed by atoms with Gasteiger partial charge in [-0.3, -0.25) is 4.79 Å². The van der Waals surface area contributed by atoms with E-state index in [0.717, 1.165) is 6.42 Å². The number of hydrogen-bond acceptors (Lipinski definition) is 2. The van der Waals surface area contributed by atoms with Crippen LogP contribution in [0.5, 0.6) is 0 Å². The minimum atomic E-state index is -0.311. The van der Waals surface area contributed by atoms with Gasteiger partial charge in [0, 0.05) is 5.92 Å². The van der Waals surface area contributed by atoms with E-state index < -0.39 is 0 Å². The molecule has 0 aromatic rings. The molecule has 0 fully saturated rings. The quantitative estimate of drug-likeness (QED) is 0.586. The minimum absolute atomic E-state index is 0.0278. The molecule has 1 N–H and O–H groups in total.